The van der Waals surface area contributed by atoms with Crippen LogP contribution in [0.3, 0.4) is 0 Å². The third-order valence-corrected chi connectivity index (χ3v) is 6.12. The lowest BCUT2D eigenvalue weighted by molar-refractivity contribution is -0.490. The molecule has 1 fully saturated rings. The lowest BCUT2D eigenvalue weighted by atomic mass is 9.87. The molecule has 2 aliphatic rings. The molecule has 0 aromatic carbocycles. The van der Waals surface area contributed by atoms with E-state index in [0.29, 0.717) is 19.5 Å². The van der Waals surface area contributed by atoms with Crippen molar-refractivity contribution >= 4 is 23.0 Å². The van der Waals surface area contributed by atoms with Gasteiger partial charge in [0.25, 0.3) is 0 Å². The molecule has 1 aliphatic heterocycles. The predicted octanol–water partition coefficient (Wildman–Crippen LogP) is 2.14. The van der Waals surface area contributed by atoms with Crippen molar-refractivity contribution in [1.82, 2.24) is 4.90 Å². The molecule has 1 saturated carbocycles. The number of carbonyl (C=O) groups is 2. The normalized spacial score (nSPS) is 27.1. The molecule has 0 saturated heterocycles. The minimum atomic E-state index is -0.494. The monoisotopic (exact) mass is 336 g/mol. The van der Waals surface area contributed by atoms with Crippen LogP contribution in [0.15, 0.2) is 11.4 Å². The minimum absolute atomic E-state index is 0.00549. The molecule has 124 valence electrons. The van der Waals surface area contributed by atoms with Crippen LogP contribution in [0, 0.1) is 27.9 Å². The van der Waals surface area contributed by atoms with Gasteiger partial charge in [0.2, 0.25) is 12.5 Å². The predicted molar refractivity (Wildman–Crippen MR) is 85.7 cm³/mol. The fraction of sp³-hybridized carbons (Fsp3) is 0.625. The van der Waals surface area contributed by atoms with E-state index in [4.69, 9.17) is 0 Å². The summed E-state index contributed by atoms with van der Waals surface area (Å²) in [5, 5.41) is 12.9. The maximum atomic E-state index is 12.6. The van der Waals surface area contributed by atoms with Gasteiger partial charge in [-0.1, -0.05) is 6.92 Å². The number of ketones is 1. The average Bonchev–Trinajstić information content (AvgIpc) is 3.05. The van der Waals surface area contributed by atoms with Crippen LogP contribution in [0.1, 0.15) is 30.2 Å². The Kier molecular flexibility index (Phi) is 4.48. The highest BCUT2D eigenvalue weighted by Crippen LogP contribution is 2.37. The number of fused-ring (bicyclic) bond motifs is 1. The molecule has 3 atom stereocenters. The van der Waals surface area contributed by atoms with Gasteiger partial charge in [0.05, 0.1) is 0 Å². The van der Waals surface area contributed by atoms with Crippen molar-refractivity contribution in [3.05, 3.63) is 32.0 Å². The second-order valence-corrected chi connectivity index (χ2v) is 7.57. The molecule has 23 heavy (non-hydrogen) atoms. The first-order valence-corrected chi connectivity index (χ1v) is 8.81. The van der Waals surface area contributed by atoms with Crippen molar-refractivity contribution in [1.29, 1.82) is 0 Å². The van der Waals surface area contributed by atoms with E-state index in [0.717, 1.165) is 6.42 Å². The zero-order chi connectivity index (χ0) is 16.6. The van der Waals surface area contributed by atoms with Crippen LogP contribution in [-0.4, -0.2) is 34.6 Å². The molecule has 1 aliphatic carbocycles. The van der Waals surface area contributed by atoms with Crippen LogP contribution < -0.4 is 0 Å². The Morgan fingerprint density at radius 1 is 1.52 bits per heavy atom. The first-order valence-electron chi connectivity index (χ1n) is 7.93. The summed E-state index contributed by atoms with van der Waals surface area (Å²) in [5.41, 5.74) is 1.18. The van der Waals surface area contributed by atoms with Crippen LogP contribution in [0.5, 0.6) is 0 Å². The van der Waals surface area contributed by atoms with E-state index in [1.54, 1.807) is 16.2 Å². The van der Waals surface area contributed by atoms with Gasteiger partial charge in [-0.25, -0.2) is 0 Å². The highest BCUT2D eigenvalue weighted by atomic mass is 32.1. The number of Topliss-reactive ketones (excluding diaryl/α,β-unsaturated/α-hetero) is 1. The molecule has 1 amide bonds. The fourth-order valence-corrected chi connectivity index (χ4v) is 4.67. The molecule has 1 aromatic heterocycles. The minimum Gasteiger partial charge on any atom is -0.338 e. The zero-order valence-electron chi connectivity index (χ0n) is 13.1. The highest BCUT2D eigenvalue weighted by Gasteiger charge is 2.44. The lowest BCUT2D eigenvalue weighted by Crippen LogP contribution is -2.38. The van der Waals surface area contributed by atoms with Crippen molar-refractivity contribution in [2.24, 2.45) is 17.8 Å². The molecule has 7 heteroatoms. The number of hydrogen-bond acceptors (Lipinski definition) is 5. The van der Waals surface area contributed by atoms with Crippen LogP contribution in [0.4, 0.5) is 0 Å². The highest BCUT2D eigenvalue weighted by molar-refractivity contribution is 7.10. The Labute approximate surface area is 138 Å². The van der Waals surface area contributed by atoms with E-state index in [1.165, 1.54) is 10.4 Å². The molecule has 0 radical (unpaired) electrons. The lowest BCUT2D eigenvalue weighted by Gasteiger charge is -2.28. The summed E-state index contributed by atoms with van der Waals surface area (Å²) in [4.78, 5) is 38.3. The Morgan fingerprint density at radius 3 is 3.04 bits per heavy atom. The van der Waals surface area contributed by atoms with E-state index >= 15 is 0 Å². The molecule has 3 rings (SSSR count). The summed E-state index contributed by atoms with van der Waals surface area (Å²) in [6, 6.07) is 2.04. The van der Waals surface area contributed by atoms with E-state index in [9.17, 15) is 19.7 Å². The molecule has 6 nitrogen and oxygen atoms in total. The van der Waals surface area contributed by atoms with Crippen molar-refractivity contribution in [2.45, 2.75) is 32.7 Å². The van der Waals surface area contributed by atoms with E-state index < -0.39 is 5.92 Å². The van der Waals surface area contributed by atoms with Crippen LogP contribution >= 0.6 is 11.3 Å². The molecular weight excluding hydrogens is 316 g/mol. The molecule has 0 N–H and O–H groups in total. The number of amides is 1. The third-order valence-electron chi connectivity index (χ3n) is 5.10. The maximum Gasteiger partial charge on any atom is 0.223 e. The summed E-state index contributed by atoms with van der Waals surface area (Å²) in [6.45, 7) is 2.91. The summed E-state index contributed by atoms with van der Waals surface area (Å²) in [5.74, 6) is -0.876. The maximum absolute atomic E-state index is 12.6. The second kappa shape index (κ2) is 6.39. The van der Waals surface area contributed by atoms with Crippen molar-refractivity contribution in [2.75, 3.05) is 13.1 Å². The SMILES string of the molecule is CC1CC(=O)C(CC(=O)N2CCc3sccc3C2)C1C[N+](=O)[O-]. The Morgan fingerprint density at radius 2 is 2.30 bits per heavy atom. The van der Waals surface area contributed by atoms with E-state index in [2.05, 4.69) is 0 Å². The average molecular weight is 336 g/mol. The topological polar surface area (TPSA) is 80.5 Å². The molecular formula is C16H20N2O4S. The van der Waals surface area contributed by atoms with Gasteiger partial charge >= 0.3 is 0 Å². The molecule has 2 heterocycles. The first kappa shape index (κ1) is 16.1. The summed E-state index contributed by atoms with van der Waals surface area (Å²) in [6.07, 6.45) is 1.32. The van der Waals surface area contributed by atoms with Crippen molar-refractivity contribution in [3.8, 4) is 0 Å². The van der Waals surface area contributed by atoms with Gasteiger partial charge in [-0.2, -0.15) is 0 Å². The molecule has 0 bridgehead atoms. The van der Waals surface area contributed by atoms with Gasteiger partial charge in [0, 0.05) is 47.6 Å². The van der Waals surface area contributed by atoms with E-state index in [-0.39, 0.29) is 41.4 Å². The van der Waals surface area contributed by atoms with Gasteiger partial charge in [-0.05, 0) is 29.3 Å². The smallest absolute Gasteiger partial charge is 0.223 e. The Bertz CT molecular complexity index is 642. The van der Waals surface area contributed by atoms with Crippen LogP contribution in [-0.2, 0) is 22.6 Å². The number of thiophene rings is 1. The number of nitrogens with zero attached hydrogens (tertiary/aromatic N) is 2. The van der Waals surface area contributed by atoms with Gasteiger partial charge in [0.1, 0.15) is 5.78 Å². The second-order valence-electron chi connectivity index (χ2n) is 6.57. The standard InChI is InChI=1S/C16H20N2O4S/c1-10-6-14(19)12(13(10)9-18(21)22)7-16(20)17-4-2-15-11(8-17)3-5-23-15/h3,5,10,12-13H,2,4,6-9H2,1H3. The number of rotatable bonds is 4. The number of carbonyl (C=O) groups excluding carboxylic acids is 2. The van der Waals surface area contributed by atoms with Gasteiger partial charge in [-0.3, -0.25) is 19.7 Å². The van der Waals surface area contributed by atoms with Crippen molar-refractivity contribution in [3.63, 3.8) is 0 Å². The quantitative estimate of drug-likeness (QED) is 0.623. The first-order chi connectivity index (χ1) is 11.0. The summed E-state index contributed by atoms with van der Waals surface area (Å²) >= 11 is 1.71. The van der Waals surface area contributed by atoms with Crippen LogP contribution in [0.25, 0.3) is 0 Å². The zero-order valence-corrected chi connectivity index (χ0v) is 13.9. The molecule has 0 spiro atoms. The summed E-state index contributed by atoms with van der Waals surface area (Å²) < 4.78 is 0. The number of nitro groups is 1. The van der Waals surface area contributed by atoms with Gasteiger partial charge in [0.15, 0.2) is 0 Å². The molecule has 1 aromatic rings. The van der Waals surface area contributed by atoms with Crippen LogP contribution in [0.2, 0.25) is 0 Å². The van der Waals surface area contributed by atoms with Crippen molar-refractivity contribution < 1.29 is 14.5 Å². The number of hydrogen-bond donors (Lipinski definition) is 0. The van der Waals surface area contributed by atoms with E-state index in [1.807, 2.05) is 18.4 Å². The van der Waals surface area contributed by atoms with Gasteiger partial charge < -0.3 is 4.90 Å². The third kappa shape index (κ3) is 3.29. The Balaban J connectivity index is 1.67. The summed E-state index contributed by atoms with van der Waals surface area (Å²) in [7, 11) is 0. The Hall–Kier alpha value is -1.76. The largest absolute Gasteiger partial charge is 0.338 e. The van der Waals surface area contributed by atoms with Gasteiger partial charge in [-0.15, -0.1) is 11.3 Å². The fourth-order valence-electron chi connectivity index (χ4n) is 3.78. The molecule has 3 unspecified atom stereocenters.